The van der Waals surface area contributed by atoms with E-state index in [1.807, 2.05) is 14.1 Å². The maximum atomic E-state index is 12.8. The molecule has 0 saturated carbocycles. The molecule has 10 heteroatoms. The number of hydrogen-bond acceptors (Lipinski definition) is 6. The van der Waals surface area contributed by atoms with Gasteiger partial charge in [-0.1, -0.05) is 11.6 Å². The van der Waals surface area contributed by atoms with E-state index in [9.17, 15) is 8.42 Å². The summed E-state index contributed by atoms with van der Waals surface area (Å²) in [5, 5.41) is 3.53. The molecule has 2 N–H and O–H groups in total. The third kappa shape index (κ3) is 6.53. The Morgan fingerprint density at radius 2 is 2.12 bits per heavy atom. The van der Waals surface area contributed by atoms with E-state index < -0.39 is 10.0 Å². The third-order valence-corrected chi connectivity index (χ3v) is 6.39. The molecule has 1 aliphatic rings. The lowest BCUT2D eigenvalue weighted by atomic mass is 10.2. The summed E-state index contributed by atoms with van der Waals surface area (Å²) in [6.45, 7) is 3.98. The fourth-order valence-corrected chi connectivity index (χ4v) is 5.05. The molecule has 0 unspecified atom stereocenters. The van der Waals surface area contributed by atoms with Crippen LogP contribution in [0.1, 0.15) is 12.0 Å². The number of halogens is 2. The number of nitrogens with one attached hydrogen (secondary N) is 2. The van der Waals surface area contributed by atoms with Crippen molar-refractivity contribution in [2.24, 2.45) is 4.99 Å². The summed E-state index contributed by atoms with van der Waals surface area (Å²) in [4.78, 5) is 7.11. The highest BCUT2D eigenvalue weighted by molar-refractivity contribution is 8.00. The average Bonchev–Trinajstić information content (AvgIpc) is 2.50. The summed E-state index contributed by atoms with van der Waals surface area (Å²) in [5.74, 6) is 1.08. The summed E-state index contributed by atoms with van der Waals surface area (Å²) in [6.07, 6.45) is 0.900. The Morgan fingerprint density at radius 1 is 1.40 bits per heavy atom. The van der Waals surface area contributed by atoms with Gasteiger partial charge in [-0.2, -0.15) is 0 Å². The molecule has 0 bridgehead atoms. The van der Waals surface area contributed by atoms with Gasteiger partial charge < -0.3 is 10.2 Å². The first-order chi connectivity index (χ1) is 11.3. The van der Waals surface area contributed by atoms with Crippen molar-refractivity contribution in [2.75, 3.05) is 39.5 Å². The van der Waals surface area contributed by atoms with Gasteiger partial charge in [0.1, 0.15) is 4.90 Å². The van der Waals surface area contributed by atoms with Crippen LogP contribution in [0.5, 0.6) is 0 Å². The molecule has 6 nitrogen and oxygen atoms in total. The molecule has 1 aromatic rings. The van der Waals surface area contributed by atoms with Gasteiger partial charge in [-0.25, -0.2) is 13.1 Å². The predicted molar refractivity (Wildman–Crippen MR) is 108 cm³/mol. The minimum Gasteiger partial charge on any atom is -0.356 e. The molecule has 142 valence electrons. The second-order valence-corrected chi connectivity index (χ2v) is 9.01. The molecule has 1 aliphatic heterocycles. The molecule has 0 fully saturated rings. The smallest absolute Gasteiger partial charge is 0.265 e. The van der Waals surface area contributed by atoms with Gasteiger partial charge in [0.05, 0.1) is 0 Å². The Labute approximate surface area is 165 Å². The number of sulfonamides is 1. The summed E-state index contributed by atoms with van der Waals surface area (Å²) in [6, 6.07) is 3.34. The van der Waals surface area contributed by atoms with Gasteiger partial charge >= 0.3 is 0 Å². The number of benzene rings is 1. The fourth-order valence-electron chi connectivity index (χ4n) is 2.08. The Balaban J connectivity index is 0.00000312. The fraction of sp³-hybridized carbons (Fsp3) is 0.533. The molecule has 0 atom stereocenters. The number of nitrogens with zero attached hydrogens (tertiary/aromatic N) is 2. The van der Waals surface area contributed by atoms with Crippen molar-refractivity contribution in [2.45, 2.75) is 23.1 Å². The zero-order valence-electron chi connectivity index (χ0n) is 14.5. The zero-order valence-corrected chi connectivity index (χ0v) is 17.7. The van der Waals surface area contributed by atoms with Crippen molar-refractivity contribution in [3.63, 3.8) is 0 Å². The third-order valence-electron chi connectivity index (χ3n) is 3.44. The van der Waals surface area contributed by atoms with Crippen molar-refractivity contribution >= 4 is 51.8 Å². The van der Waals surface area contributed by atoms with E-state index in [1.165, 1.54) is 11.8 Å². The molecule has 0 aliphatic carbocycles. The van der Waals surface area contributed by atoms with Gasteiger partial charge in [0, 0.05) is 35.3 Å². The van der Waals surface area contributed by atoms with E-state index >= 15 is 0 Å². The highest BCUT2D eigenvalue weighted by atomic mass is 35.5. The van der Waals surface area contributed by atoms with Crippen LogP contribution in [0.2, 0.25) is 5.02 Å². The van der Waals surface area contributed by atoms with Crippen LogP contribution in [0.3, 0.4) is 0 Å². The zero-order chi connectivity index (χ0) is 17.7. The van der Waals surface area contributed by atoms with Crippen LogP contribution in [0.25, 0.3) is 0 Å². The van der Waals surface area contributed by atoms with Crippen molar-refractivity contribution in [1.82, 2.24) is 14.9 Å². The van der Waals surface area contributed by atoms with Crippen molar-refractivity contribution in [1.29, 1.82) is 0 Å². The second kappa shape index (κ2) is 9.87. The summed E-state index contributed by atoms with van der Waals surface area (Å²) < 4.78 is 28.1. The van der Waals surface area contributed by atoms with Crippen molar-refractivity contribution in [3.05, 3.63) is 22.7 Å². The average molecular weight is 427 g/mol. The number of rotatable bonds is 6. The lowest BCUT2D eigenvalue weighted by Gasteiger charge is -2.18. The molecule has 0 radical (unpaired) electrons. The number of aliphatic imine (C=N–C) groups is 1. The molecule has 2 rings (SSSR count). The first-order valence-electron chi connectivity index (χ1n) is 7.68. The van der Waals surface area contributed by atoms with Crippen LogP contribution in [0.15, 0.2) is 26.9 Å². The Morgan fingerprint density at radius 3 is 2.72 bits per heavy atom. The quantitative estimate of drug-likeness (QED) is 0.682. The minimum atomic E-state index is -3.72. The predicted octanol–water partition coefficient (Wildman–Crippen LogP) is 2.35. The van der Waals surface area contributed by atoms with Gasteiger partial charge in [0.25, 0.3) is 10.0 Å². The Hall–Kier alpha value is -0.670. The lowest BCUT2D eigenvalue weighted by Crippen LogP contribution is -2.43. The Kier molecular flexibility index (Phi) is 8.83. The molecular weight excluding hydrogens is 403 g/mol. The van der Waals surface area contributed by atoms with Crippen molar-refractivity contribution < 1.29 is 8.42 Å². The van der Waals surface area contributed by atoms with E-state index in [1.54, 1.807) is 19.1 Å². The van der Waals surface area contributed by atoms with Gasteiger partial charge in [0.2, 0.25) is 5.96 Å². The Bertz CT molecular complexity index is 724. The lowest BCUT2D eigenvalue weighted by molar-refractivity contribution is 0.437. The van der Waals surface area contributed by atoms with Crippen LogP contribution in [-0.4, -0.2) is 58.8 Å². The largest absolute Gasteiger partial charge is 0.356 e. The van der Waals surface area contributed by atoms with E-state index in [4.69, 9.17) is 11.6 Å². The minimum absolute atomic E-state index is 0. The van der Waals surface area contributed by atoms with Crippen LogP contribution in [0, 0.1) is 6.92 Å². The molecule has 0 amide bonds. The van der Waals surface area contributed by atoms with Crippen LogP contribution >= 0.6 is 35.8 Å². The molecule has 0 spiro atoms. The maximum absolute atomic E-state index is 12.8. The molecule has 1 heterocycles. The number of aryl methyl sites for hydroxylation is 1. The standard InChI is InChI=1S/C15H23ClN4O2S2.ClH/c1-11-9-14(13(10-12(11)16)23-8-7-20(2)3)24(21,22)19-15-17-5-4-6-18-15;/h9-10H,4-8H2,1-3H3,(H2,17,18,19);1H. The van der Waals surface area contributed by atoms with E-state index in [0.29, 0.717) is 29.0 Å². The van der Waals surface area contributed by atoms with Gasteiger partial charge in [-0.3, -0.25) is 4.99 Å². The second-order valence-electron chi connectivity index (χ2n) is 5.82. The molecule has 1 aromatic carbocycles. The van der Waals surface area contributed by atoms with Gasteiger partial charge in [-0.15, -0.1) is 24.2 Å². The number of hydrogen-bond donors (Lipinski definition) is 2. The highest BCUT2D eigenvalue weighted by Crippen LogP contribution is 2.31. The summed E-state index contributed by atoms with van der Waals surface area (Å²) in [5.41, 5.74) is 0.729. The first kappa shape index (κ1) is 22.4. The van der Waals surface area contributed by atoms with Crippen LogP contribution in [-0.2, 0) is 10.0 Å². The van der Waals surface area contributed by atoms with E-state index in [0.717, 1.165) is 24.3 Å². The van der Waals surface area contributed by atoms with Crippen molar-refractivity contribution in [3.8, 4) is 0 Å². The van der Waals surface area contributed by atoms with Gasteiger partial charge in [-0.05, 0) is 45.1 Å². The number of guanidine groups is 1. The molecule has 25 heavy (non-hydrogen) atoms. The molecular formula is C15H24Cl2N4O2S2. The SMILES string of the molecule is Cc1cc(S(=O)(=O)NC2=NCCCN2)c(SCCN(C)C)cc1Cl.Cl. The topological polar surface area (TPSA) is 73.8 Å². The summed E-state index contributed by atoms with van der Waals surface area (Å²) in [7, 11) is 0.245. The van der Waals surface area contributed by atoms with E-state index in [2.05, 4.69) is 19.9 Å². The molecule has 0 aromatic heterocycles. The molecule has 0 saturated heterocycles. The first-order valence-corrected chi connectivity index (χ1v) is 10.5. The maximum Gasteiger partial charge on any atom is 0.265 e. The highest BCUT2D eigenvalue weighted by Gasteiger charge is 2.22. The number of thioether (sulfide) groups is 1. The van der Waals surface area contributed by atoms with Gasteiger partial charge in [0.15, 0.2) is 0 Å². The van der Waals surface area contributed by atoms with Crippen LogP contribution in [0.4, 0.5) is 0 Å². The van der Waals surface area contributed by atoms with E-state index in [-0.39, 0.29) is 17.3 Å². The van der Waals surface area contributed by atoms with Crippen LogP contribution < -0.4 is 10.0 Å². The normalized spacial score (nSPS) is 14.5. The monoisotopic (exact) mass is 426 g/mol. The summed E-state index contributed by atoms with van der Waals surface area (Å²) >= 11 is 7.68.